The van der Waals surface area contributed by atoms with Crippen LogP contribution in [0, 0.1) is 5.92 Å². The Kier molecular flexibility index (Phi) is 4.33. The van der Waals surface area contributed by atoms with E-state index in [4.69, 9.17) is 5.11 Å². The lowest BCUT2D eigenvalue weighted by Gasteiger charge is -2.09. The maximum atomic E-state index is 12.1. The van der Waals surface area contributed by atoms with Crippen molar-refractivity contribution in [2.45, 2.75) is 13.3 Å². The Balaban J connectivity index is 2.18. The van der Waals surface area contributed by atoms with Crippen molar-refractivity contribution in [2.24, 2.45) is 5.92 Å². The van der Waals surface area contributed by atoms with E-state index in [1.807, 2.05) is 0 Å². The fraction of sp³-hybridized carbons (Fsp3) is 0.188. The minimum Gasteiger partial charge on any atom is -0.481 e. The van der Waals surface area contributed by atoms with Crippen molar-refractivity contribution in [3.8, 4) is 5.69 Å². The number of carboxylic acids is 1. The normalized spacial score (nSPS) is 11.9. The molecule has 0 saturated carbocycles. The monoisotopic (exact) mass is 285 g/mol. The summed E-state index contributed by atoms with van der Waals surface area (Å²) >= 11 is 0. The Morgan fingerprint density at radius 2 is 1.67 bits per heavy atom. The highest BCUT2D eigenvalue weighted by molar-refractivity contribution is 5.99. The Bertz CT molecular complexity index is 695. The Morgan fingerprint density at radius 3 is 2.19 bits per heavy atom. The van der Waals surface area contributed by atoms with Crippen LogP contribution < -0.4 is 5.43 Å². The molecule has 0 aliphatic rings. The number of carbonyl (C=O) groups is 2. The Labute approximate surface area is 121 Å². The van der Waals surface area contributed by atoms with E-state index >= 15 is 0 Å². The minimum absolute atomic E-state index is 0.0689. The van der Waals surface area contributed by atoms with Crippen LogP contribution in [0.2, 0.25) is 0 Å². The van der Waals surface area contributed by atoms with Gasteiger partial charge in [0.05, 0.1) is 6.42 Å². The molecule has 5 nitrogen and oxygen atoms in total. The summed E-state index contributed by atoms with van der Waals surface area (Å²) < 4.78 is 1.76. The molecule has 2 aromatic rings. The number of hydrogen-bond acceptors (Lipinski definition) is 3. The van der Waals surface area contributed by atoms with E-state index in [-0.39, 0.29) is 17.6 Å². The fourth-order valence-corrected chi connectivity index (χ4v) is 2.02. The number of benzene rings is 1. The average molecular weight is 285 g/mol. The molecule has 0 bridgehead atoms. The van der Waals surface area contributed by atoms with Crippen molar-refractivity contribution in [1.29, 1.82) is 0 Å². The predicted molar refractivity (Wildman–Crippen MR) is 77.8 cm³/mol. The van der Waals surface area contributed by atoms with Crippen molar-refractivity contribution in [3.63, 3.8) is 0 Å². The molecule has 1 aromatic carbocycles. The van der Waals surface area contributed by atoms with Crippen LogP contribution in [-0.4, -0.2) is 21.4 Å². The zero-order chi connectivity index (χ0) is 15.4. The largest absolute Gasteiger partial charge is 0.481 e. The van der Waals surface area contributed by atoms with Crippen LogP contribution >= 0.6 is 0 Å². The summed E-state index contributed by atoms with van der Waals surface area (Å²) in [6, 6.07) is 9.74. The van der Waals surface area contributed by atoms with Gasteiger partial charge in [-0.15, -0.1) is 0 Å². The van der Waals surface area contributed by atoms with Crippen LogP contribution in [0.25, 0.3) is 5.69 Å². The second-order valence-corrected chi connectivity index (χ2v) is 4.85. The molecule has 0 radical (unpaired) electrons. The summed E-state index contributed by atoms with van der Waals surface area (Å²) in [5.74, 6) is -1.73. The zero-order valence-corrected chi connectivity index (χ0v) is 11.5. The molecule has 21 heavy (non-hydrogen) atoms. The molecule has 1 unspecified atom stereocenters. The molecule has 2 rings (SSSR count). The fourth-order valence-electron chi connectivity index (χ4n) is 2.02. The SMILES string of the molecule is CC(CC(=O)O)C(=O)c1ccc(-n2ccc(=O)cc2)cc1. The van der Waals surface area contributed by atoms with Gasteiger partial charge in [0.1, 0.15) is 0 Å². The molecule has 1 atom stereocenters. The molecule has 0 aliphatic heterocycles. The van der Waals surface area contributed by atoms with E-state index in [0.717, 1.165) is 5.69 Å². The van der Waals surface area contributed by atoms with E-state index in [1.165, 1.54) is 12.1 Å². The maximum absolute atomic E-state index is 12.1. The van der Waals surface area contributed by atoms with E-state index in [0.29, 0.717) is 5.56 Å². The standard InChI is InChI=1S/C16H15NO4/c1-11(10-15(19)20)16(21)12-2-4-13(5-3-12)17-8-6-14(18)7-9-17/h2-9,11H,10H2,1H3,(H,19,20). The van der Waals surface area contributed by atoms with Crippen LogP contribution in [0.5, 0.6) is 0 Å². The average Bonchev–Trinajstić information content (AvgIpc) is 2.47. The lowest BCUT2D eigenvalue weighted by atomic mass is 9.96. The molecular weight excluding hydrogens is 270 g/mol. The maximum Gasteiger partial charge on any atom is 0.304 e. The molecular formula is C16H15NO4. The third kappa shape index (κ3) is 3.66. The number of ketones is 1. The number of carboxylic acid groups (broad SMARTS) is 1. The first-order valence-corrected chi connectivity index (χ1v) is 6.52. The second kappa shape index (κ2) is 6.17. The lowest BCUT2D eigenvalue weighted by molar-refractivity contribution is -0.137. The van der Waals surface area contributed by atoms with Gasteiger partial charge < -0.3 is 9.67 Å². The van der Waals surface area contributed by atoms with Crippen molar-refractivity contribution in [3.05, 3.63) is 64.6 Å². The second-order valence-electron chi connectivity index (χ2n) is 4.85. The quantitative estimate of drug-likeness (QED) is 0.854. The number of pyridine rings is 1. The summed E-state index contributed by atoms with van der Waals surface area (Å²) in [7, 11) is 0. The van der Waals surface area contributed by atoms with Crippen molar-refractivity contribution in [1.82, 2.24) is 4.57 Å². The van der Waals surface area contributed by atoms with Gasteiger partial charge in [0.15, 0.2) is 11.2 Å². The lowest BCUT2D eigenvalue weighted by Crippen LogP contribution is -2.15. The van der Waals surface area contributed by atoms with Crippen LogP contribution in [-0.2, 0) is 4.79 Å². The van der Waals surface area contributed by atoms with Crippen LogP contribution in [0.4, 0.5) is 0 Å². The van der Waals surface area contributed by atoms with Gasteiger partial charge in [-0.25, -0.2) is 0 Å². The first kappa shape index (κ1) is 14.7. The van der Waals surface area contributed by atoms with E-state index in [2.05, 4.69) is 0 Å². The third-order valence-electron chi connectivity index (χ3n) is 3.18. The molecule has 1 heterocycles. The van der Waals surface area contributed by atoms with Crippen LogP contribution in [0.1, 0.15) is 23.7 Å². The molecule has 0 amide bonds. The summed E-state index contributed by atoms with van der Waals surface area (Å²) in [4.78, 5) is 33.7. The van der Waals surface area contributed by atoms with Crippen molar-refractivity contribution >= 4 is 11.8 Å². The smallest absolute Gasteiger partial charge is 0.304 e. The Hall–Kier alpha value is -2.69. The molecule has 0 aliphatic carbocycles. The summed E-state index contributed by atoms with van der Waals surface area (Å²) in [6.45, 7) is 1.60. The molecule has 5 heteroatoms. The number of aromatic nitrogens is 1. The highest BCUT2D eigenvalue weighted by atomic mass is 16.4. The summed E-state index contributed by atoms with van der Waals surface area (Å²) in [5.41, 5.74) is 1.23. The van der Waals surface area contributed by atoms with Gasteiger partial charge in [0.25, 0.3) is 0 Å². The Morgan fingerprint density at radius 1 is 1.10 bits per heavy atom. The first-order chi connectivity index (χ1) is 9.97. The number of rotatable bonds is 5. The number of carbonyl (C=O) groups excluding carboxylic acids is 1. The topological polar surface area (TPSA) is 76.4 Å². The number of nitrogens with zero attached hydrogens (tertiary/aromatic N) is 1. The molecule has 0 saturated heterocycles. The first-order valence-electron chi connectivity index (χ1n) is 6.52. The molecule has 108 valence electrons. The van der Waals surface area contributed by atoms with Gasteiger partial charge in [-0.3, -0.25) is 14.4 Å². The molecule has 1 aromatic heterocycles. The highest BCUT2D eigenvalue weighted by Gasteiger charge is 2.18. The van der Waals surface area contributed by atoms with Crippen LogP contribution in [0.3, 0.4) is 0 Å². The van der Waals surface area contributed by atoms with Crippen LogP contribution in [0.15, 0.2) is 53.6 Å². The van der Waals surface area contributed by atoms with Gasteiger partial charge in [-0.05, 0) is 24.3 Å². The predicted octanol–water partition coefficient (Wildman–Crippen LogP) is 2.13. The molecule has 1 N–H and O–H groups in total. The van der Waals surface area contributed by atoms with Gasteiger partial charge in [0, 0.05) is 41.7 Å². The van der Waals surface area contributed by atoms with Gasteiger partial charge in [0.2, 0.25) is 0 Å². The van der Waals surface area contributed by atoms with Gasteiger partial charge >= 0.3 is 5.97 Å². The number of Topliss-reactive ketones (excluding diaryl/α,β-unsaturated/α-hetero) is 1. The van der Waals surface area contributed by atoms with Crippen molar-refractivity contribution < 1.29 is 14.7 Å². The molecule has 0 spiro atoms. The highest BCUT2D eigenvalue weighted by Crippen LogP contribution is 2.15. The third-order valence-corrected chi connectivity index (χ3v) is 3.18. The summed E-state index contributed by atoms with van der Waals surface area (Å²) in [6.07, 6.45) is 3.11. The van der Waals surface area contributed by atoms with E-state index in [9.17, 15) is 14.4 Å². The summed E-state index contributed by atoms with van der Waals surface area (Å²) in [5, 5.41) is 8.71. The zero-order valence-electron chi connectivity index (χ0n) is 11.5. The van der Waals surface area contributed by atoms with E-state index in [1.54, 1.807) is 48.1 Å². The van der Waals surface area contributed by atoms with E-state index < -0.39 is 11.9 Å². The van der Waals surface area contributed by atoms with Crippen molar-refractivity contribution in [2.75, 3.05) is 0 Å². The minimum atomic E-state index is -0.985. The number of aliphatic carboxylic acids is 1. The molecule has 0 fully saturated rings. The van der Waals surface area contributed by atoms with Gasteiger partial charge in [-0.1, -0.05) is 6.92 Å². The number of hydrogen-bond donors (Lipinski definition) is 1. The van der Waals surface area contributed by atoms with Gasteiger partial charge in [-0.2, -0.15) is 0 Å².